The van der Waals surface area contributed by atoms with E-state index >= 15 is 0 Å². The third-order valence-corrected chi connectivity index (χ3v) is 6.61. The molecule has 2 aromatic rings. The molecule has 0 unspecified atom stereocenters. The van der Waals surface area contributed by atoms with Crippen LogP contribution in [0.15, 0.2) is 23.7 Å². The Morgan fingerprint density at radius 2 is 2.11 bits per heavy atom. The number of carbonyl (C=O) groups is 2. The average molecular weight is 388 g/mol. The Labute approximate surface area is 162 Å². The van der Waals surface area contributed by atoms with Crippen LogP contribution in [0.25, 0.3) is 10.2 Å². The van der Waals surface area contributed by atoms with Gasteiger partial charge in [-0.2, -0.15) is 0 Å². The number of carbonyl (C=O) groups excluding carboxylic acids is 2. The van der Waals surface area contributed by atoms with Crippen molar-refractivity contribution in [1.82, 2.24) is 20.1 Å². The molecule has 27 heavy (non-hydrogen) atoms. The number of aromatic nitrogens is 1. The molecule has 2 fully saturated rings. The zero-order chi connectivity index (χ0) is 19.0. The number of benzene rings is 1. The smallest absolute Gasteiger partial charge is 0.325 e. The van der Waals surface area contributed by atoms with Crippen LogP contribution in [0.3, 0.4) is 0 Å². The minimum atomic E-state index is -0.750. The maximum Gasteiger partial charge on any atom is 0.325 e. The van der Waals surface area contributed by atoms with Crippen molar-refractivity contribution in [3.63, 3.8) is 0 Å². The highest BCUT2D eigenvalue weighted by Gasteiger charge is 2.52. The molecule has 2 saturated heterocycles. The third kappa shape index (κ3) is 3.22. The fourth-order valence-electron chi connectivity index (χ4n) is 4.04. The van der Waals surface area contributed by atoms with Crippen molar-refractivity contribution in [3.05, 3.63) is 29.3 Å². The molecular weight excluding hydrogens is 364 g/mol. The fraction of sp³-hybridized carbons (Fsp3) is 0.526. The van der Waals surface area contributed by atoms with Gasteiger partial charge in [-0.3, -0.25) is 14.6 Å². The van der Waals surface area contributed by atoms with Crippen molar-refractivity contribution < 1.29 is 14.3 Å². The summed E-state index contributed by atoms with van der Waals surface area (Å²) in [6, 6.07) is 6.37. The Bertz CT molecular complexity index is 860. The molecule has 2 aliphatic rings. The summed E-state index contributed by atoms with van der Waals surface area (Å²) in [6.45, 7) is 4.38. The van der Waals surface area contributed by atoms with Crippen molar-refractivity contribution >= 4 is 33.5 Å². The van der Waals surface area contributed by atoms with Crippen molar-refractivity contribution in [3.8, 4) is 0 Å². The molecule has 144 valence electrons. The topological polar surface area (TPSA) is 74.8 Å². The van der Waals surface area contributed by atoms with Crippen LogP contribution < -0.4 is 5.32 Å². The molecule has 0 aliphatic carbocycles. The lowest BCUT2D eigenvalue weighted by Crippen LogP contribution is -2.55. The Hall–Kier alpha value is -2.03. The van der Waals surface area contributed by atoms with Crippen LogP contribution in [-0.4, -0.2) is 65.6 Å². The van der Waals surface area contributed by atoms with E-state index in [0.29, 0.717) is 26.0 Å². The summed E-state index contributed by atoms with van der Waals surface area (Å²) >= 11 is 1.65. The van der Waals surface area contributed by atoms with Gasteiger partial charge in [-0.15, -0.1) is 11.3 Å². The SMILES string of the molecule is COCCN1C(=O)NC2(CCN([C@H](C)c3ccc4scnc4c3)CC2)C1=O. The third-order valence-electron chi connectivity index (χ3n) is 5.80. The number of amides is 3. The highest BCUT2D eigenvalue weighted by molar-refractivity contribution is 7.16. The number of hydrogen-bond acceptors (Lipinski definition) is 6. The molecule has 3 amide bonds. The normalized spacial score (nSPS) is 21.2. The van der Waals surface area contributed by atoms with Gasteiger partial charge in [0.2, 0.25) is 0 Å². The lowest BCUT2D eigenvalue weighted by molar-refractivity contribution is -0.133. The lowest BCUT2D eigenvalue weighted by Gasteiger charge is -2.40. The monoisotopic (exact) mass is 388 g/mol. The molecule has 2 aliphatic heterocycles. The van der Waals surface area contributed by atoms with Crippen LogP contribution in [0.5, 0.6) is 0 Å². The van der Waals surface area contributed by atoms with E-state index in [2.05, 4.69) is 40.3 Å². The number of nitrogens with zero attached hydrogens (tertiary/aromatic N) is 3. The van der Waals surface area contributed by atoms with Crippen LogP contribution in [0.4, 0.5) is 4.79 Å². The number of rotatable bonds is 5. The number of ether oxygens (including phenoxy) is 1. The summed E-state index contributed by atoms with van der Waals surface area (Å²) in [7, 11) is 1.57. The van der Waals surface area contributed by atoms with Crippen LogP contribution >= 0.6 is 11.3 Å². The van der Waals surface area contributed by atoms with E-state index < -0.39 is 5.54 Å². The maximum absolute atomic E-state index is 12.8. The standard InChI is InChI=1S/C19H24N4O3S/c1-13(14-3-4-16-15(11-14)20-12-27-16)22-7-5-19(6-8-22)17(24)23(9-10-26-2)18(25)21-19/h3-4,11-13H,5-10H2,1-2H3,(H,21,25)/t13-/m1/s1. The van der Waals surface area contributed by atoms with Gasteiger partial charge in [-0.05, 0) is 37.5 Å². The Kier molecular flexibility index (Phi) is 4.88. The van der Waals surface area contributed by atoms with Crippen molar-refractivity contribution in [2.45, 2.75) is 31.3 Å². The predicted octanol–water partition coefficient (Wildman–Crippen LogP) is 2.39. The van der Waals surface area contributed by atoms with E-state index in [4.69, 9.17) is 4.74 Å². The molecular formula is C19H24N4O3S. The number of hydrogen-bond donors (Lipinski definition) is 1. The molecule has 1 N–H and O–H groups in total. The van der Waals surface area contributed by atoms with Gasteiger partial charge in [0.05, 0.1) is 28.9 Å². The first-order valence-corrected chi connectivity index (χ1v) is 10.1. The largest absolute Gasteiger partial charge is 0.383 e. The number of fused-ring (bicyclic) bond motifs is 1. The van der Waals surface area contributed by atoms with Gasteiger partial charge in [0.15, 0.2) is 0 Å². The number of methoxy groups -OCH3 is 1. The van der Waals surface area contributed by atoms with Crippen LogP contribution in [0.2, 0.25) is 0 Å². The molecule has 0 saturated carbocycles. The number of thiazole rings is 1. The summed E-state index contributed by atoms with van der Waals surface area (Å²) in [4.78, 5) is 33.1. The molecule has 1 aromatic heterocycles. The molecule has 1 spiro atoms. The van der Waals surface area contributed by atoms with Gasteiger partial charge < -0.3 is 10.1 Å². The zero-order valence-electron chi connectivity index (χ0n) is 15.6. The van der Waals surface area contributed by atoms with Gasteiger partial charge >= 0.3 is 6.03 Å². The molecule has 8 heteroatoms. The van der Waals surface area contributed by atoms with Crippen LogP contribution in [0.1, 0.15) is 31.4 Å². The highest BCUT2D eigenvalue weighted by Crippen LogP contribution is 2.34. The van der Waals surface area contributed by atoms with Crippen LogP contribution in [0, 0.1) is 0 Å². The molecule has 0 bridgehead atoms. The number of urea groups is 1. The van der Waals surface area contributed by atoms with Crippen molar-refractivity contribution in [2.24, 2.45) is 0 Å². The van der Waals surface area contributed by atoms with Gasteiger partial charge in [0.25, 0.3) is 5.91 Å². The van der Waals surface area contributed by atoms with E-state index in [-0.39, 0.29) is 18.0 Å². The quantitative estimate of drug-likeness (QED) is 0.796. The van der Waals surface area contributed by atoms with Crippen molar-refractivity contribution in [1.29, 1.82) is 0 Å². The Morgan fingerprint density at radius 1 is 1.33 bits per heavy atom. The fourth-order valence-corrected chi connectivity index (χ4v) is 4.70. The Morgan fingerprint density at radius 3 is 2.85 bits per heavy atom. The molecule has 1 atom stereocenters. The van der Waals surface area contributed by atoms with E-state index in [1.165, 1.54) is 15.2 Å². The summed E-state index contributed by atoms with van der Waals surface area (Å²) in [5.41, 5.74) is 3.38. The number of likely N-dealkylation sites (tertiary alicyclic amines) is 1. The number of nitrogens with one attached hydrogen (secondary N) is 1. The minimum absolute atomic E-state index is 0.110. The maximum atomic E-state index is 12.8. The summed E-state index contributed by atoms with van der Waals surface area (Å²) < 4.78 is 6.21. The summed E-state index contributed by atoms with van der Waals surface area (Å²) in [6.07, 6.45) is 1.26. The first-order valence-electron chi connectivity index (χ1n) is 9.24. The molecule has 4 rings (SSSR count). The second-order valence-corrected chi connectivity index (χ2v) is 8.14. The molecule has 3 heterocycles. The molecule has 0 radical (unpaired) electrons. The summed E-state index contributed by atoms with van der Waals surface area (Å²) in [5.74, 6) is -0.110. The first-order chi connectivity index (χ1) is 13.0. The second kappa shape index (κ2) is 7.18. The Balaban J connectivity index is 1.44. The summed E-state index contributed by atoms with van der Waals surface area (Å²) in [5, 5.41) is 2.94. The van der Waals surface area contributed by atoms with Gasteiger partial charge in [-0.1, -0.05) is 6.07 Å². The molecule has 7 nitrogen and oxygen atoms in total. The lowest BCUT2D eigenvalue weighted by atomic mass is 9.86. The molecule has 1 aromatic carbocycles. The second-order valence-electron chi connectivity index (χ2n) is 7.25. The van der Waals surface area contributed by atoms with E-state index in [9.17, 15) is 9.59 Å². The van der Waals surface area contributed by atoms with Crippen LogP contribution in [-0.2, 0) is 9.53 Å². The van der Waals surface area contributed by atoms with E-state index in [1.807, 2.05) is 5.51 Å². The predicted molar refractivity (Wildman–Crippen MR) is 104 cm³/mol. The first kappa shape index (κ1) is 18.3. The average Bonchev–Trinajstić information content (AvgIpc) is 3.23. The van der Waals surface area contributed by atoms with Gasteiger partial charge in [0.1, 0.15) is 5.54 Å². The van der Waals surface area contributed by atoms with Crippen molar-refractivity contribution in [2.75, 3.05) is 33.4 Å². The highest BCUT2D eigenvalue weighted by atomic mass is 32.1. The number of piperidine rings is 1. The van der Waals surface area contributed by atoms with Gasteiger partial charge in [0, 0.05) is 26.2 Å². The van der Waals surface area contributed by atoms with E-state index in [0.717, 1.165) is 18.6 Å². The number of imide groups is 1. The minimum Gasteiger partial charge on any atom is -0.383 e. The van der Waals surface area contributed by atoms with Gasteiger partial charge in [-0.25, -0.2) is 9.78 Å². The van der Waals surface area contributed by atoms with E-state index in [1.54, 1.807) is 18.4 Å². The zero-order valence-corrected chi connectivity index (χ0v) is 16.4.